The van der Waals surface area contributed by atoms with E-state index < -0.39 is 5.60 Å². The van der Waals surface area contributed by atoms with Crippen LogP contribution in [0.25, 0.3) is 0 Å². The lowest BCUT2D eigenvalue weighted by atomic mass is 9.33. The minimum atomic E-state index is -0.452. The second kappa shape index (κ2) is 8.34. The van der Waals surface area contributed by atoms with Gasteiger partial charge in [-0.15, -0.1) is 0 Å². The van der Waals surface area contributed by atoms with Gasteiger partial charge in [-0.3, -0.25) is 4.79 Å². The fraction of sp³-hybridized carbons (Fsp3) is 0.912. The lowest BCUT2D eigenvalue weighted by Gasteiger charge is -2.71. The van der Waals surface area contributed by atoms with E-state index in [1.807, 2.05) is 20.8 Å². The summed E-state index contributed by atoms with van der Waals surface area (Å²) < 4.78 is 6.20. The minimum absolute atomic E-state index is 0.0228. The van der Waals surface area contributed by atoms with E-state index in [-0.39, 0.29) is 45.1 Å². The van der Waals surface area contributed by atoms with E-state index in [0.29, 0.717) is 23.7 Å². The molecule has 0 saturated heterocycles. The van der Waals surface area contributed by atoms with Gasteiger partial charge in [-0.1, -0.05) is 60.1 Å². The van der Waals surface area contributed by atoms with Gasteiger partial charge in [-0.05, 0) is 130 Å². The van der Waals surface area contributed by atoms with Gasteiger partial charge < -0.3 is 9.84 Å². The average Bonchev–Trinajstić information content (AvgIpc) is 2.78. The van der Waals surface area contributed by atoms with Crippen molar-refractivity contribution in [2.75, 3.05) is 0 Å². The number of aliphatic hydroxyl groups is 1. The van der Waals surface area contributed by atoms with Crippen LogP contribution in [0.5, 0.6) is 0 Å². The summed E-state index contributed by atoms with van der Waals surface area (Å²) >= 11 is 0. The second-order valence-electron chi connectivity index (χ2n) is 16.7. The first-order valence-corrected chi connectivity index (χ1v) is 15.6. The highest BCUT2D eigenvalue weighted by atomic mass is 16.6. The molecule has 1 N–H and O–H groups in total. The molecule has 0 bridgehead atoms. The third-order valence-corrected chi connectivity index (χ3v) is 13.8. The van der Waals surface area contributed by atoms with Gasteiger partial charge in [0.05, 0.1) is 11.5 Å². The predicted molar refractivity (Wildman–Crippen MR) is 151 cm³/mol. The quantitative estimate of drug-likeness (QED) is 0.284. The highest BCUT2D eigenvalue weighted by Crippen LogP contribution is 2.75. The average molecular weight is 513 g/mol. The van der Waals surface area contributed by atoms with Gasteiger partial charge in [0.1, 0.15) is 5.60 Å². The van der Waals surface area contributed by atoms with Crippen molar-refractivity contribution < 1.29 is 14.6 Å². The van der Waals surface area contributed by atoms with Crippen molar-refractivity contribution in [1.29, 1.82) is 0 Å². The molecule has 4 fully saturated rings. The fourth-order valence-corrected chi connectivity index (χ4v) is 11.2. The number of hydrogen-bond donors (Lipinski definition) is 1. The lowest BCUT2D eigenvalue weighted by Crippen LogP contribution is -2.65. The molecule has 10 atom stereocenters. The number of esters is 1. The van der Waals surface area contributed by atoms with Crippen molar-refractivity contribution >= 4 is 5.97 Å². The maximum atomic E-state index is 14.0. The maximum Gasteiger partial charge on any atom is 0.313 e. The zero-order valence-electron chi connectivity index (χ0n) is 25.7. The number of hydrogen-bond acceptors (Lipinski definition) is 3. The second-order valence-corrected chi connectivity index (χ2v) is 16.7. The van der Waals surface area contributed by atoms with Crippen LogP contribution < -0.4 is 0 Å². The van der Waals surface area contributed by atoms with E-state index in [1.165, 1.54) is 12.8 Å². The number of fused-ring (bicyclic) bond motifs is 7. The van der Waals surface area contributed by atoms with Crippen LogP contribution >= 0.6 is 0 Å². The summed E-state index contributed by atoms with van der Waals surface area (Å²) in [5, 5.41) is 11.0. The zero-order chi connectivity index (χ0) is 27.4. The molecule has 37 heavy (non-hydrogen) atoms. The Hall–Kier alpha value is -0.830. The standard InChI is InChI=1S/C34H56O3/c1-21-13-18-34(28(36)37-29(3,4)5)20-19-32(9)23(27(34)22(21)2)11-12-25-31(8)16-15-26(35)30(6,7)24(31)14-17-33(25,32)10/h11,21-22,24-27,35H,12-20H2,1-10H3/t21-,22+,24+,25-,26+,27+,31+,32-,33-,34+/m1/s1. The first-order chi connectivity index (χ1) is 16.9. The predicted octanol–water partition coefficient (Wildman–Crippen LogP) is 8.35. The highest BCUT2D eigenvalue weighted by Gasteiger charge is 2.69. The molecule has 0 heterocycles. The summed E-state index contributed by atoms with van der Waals surface area (Å²) in [6, 6.07) is 0. The van der Waals surface area contributed by atoms with E-state index in [4.69, 9.17) is 4.74 Å². The Balaban J connectivity index is 1.59. The molecule has 210 valence electrons. The first-order valence-electron chi connectivity index (χ1n) is 15.6. The van der Waals surface area contributed by atoms with Gasteiger partial charge in [-0.2, -0.15) is 0 Å². The van der Waals surface area contributed by atoms with Crippen LogP contribution in [0.3, 0.4) is 0 Å². The number of rotatable bonds is 1. The van der Waals surface area contributed by atoms with E-state index in [1.54, 1.807) is 5.57 Å². The molecule has 0 unspecified atom stereocenters. The molecule has 0 aromatic heterocycles. The number of carbonyl (C=O) groups excluding carboxylic acids is 1. The maximum absolute atomic E-state index is 14.0. The summed E-state index contributed by atoms with van der Waals surface area (Å²) in [6.07, 6.45) is 12.3. The molecule has 0 aromatic rings. The van der Waals surface area contributed by atoms with Crippen molar-refractivity contribution in [3.05, 3.63) is 11.6 Å². The Morgan fingerprint density at radius 1 is 0.919 bits per heavy atom. The summed E-state index contributed by atoms with van der Waals surface area (Å²) in [5.41, 5.74) is 1.36. The zero-order valence-corrected chi connectivity index (χ0v) is 25.7. The van der Waals surface area contributed by atoms with Crippen molar-refractivity contribution in [1.82, 2.24) is 0 Å². The van der Waals surface area contributed by atoms with Gasteiger partial charge in [-0.25, -0.2) is 0 Å². The van der Waals surface area contributed by atoms with Crippen LogP contribution in [0.1, 0.15) is 127 Å². The van der Waals surface area contributed by atoms with Crippen molar-refractivity contribution in [2.24, 2.45) is 56.7 Å². The van der Waals surface area contributed by atoms with E-state index in [2.05, 4.69) is 54.5 Å². The van der Waals surface area contributed by atoms with Crippen LogP contribution in [-0.2, 0) is 9.53 Å². The number of aliphatic hydroxyl groups excluding tert-OH is 1. The summed E-state index contributed by atoms with van der Waals surface area (Å²) in [5.74, 6) is 2.67. The van der Waals surface area contributed by atoms with E-state index in [9.17, 15) is 9.90 Å². The van der Waals surface area contributed by atoms with Crippen molar-refractivity contribution in [2.45, 2.75) is 139 Å². The Labute approximate surface area is 227 Å². The minimum Gasteiger partial charge on any atom is -0.460 e. The third-order valence-electron chi connectivity index (χ3n) is 13.8. The van der Waals surface area contributed by atoms with Gasteiger partial charge in [0.2, 0.25) is 0 Å². The molecule has 5 rings (SSSR count). The van der Waals surface area contributed by atoms with Crippen molar-refractivity contribution in [3.8, 4) is 0 Å². The molecule has 0 radical (unpaired) electrons. The largest absolute Gasteiger partial charge is 0.460 e. The van der Waals surface area contributed by atoms with Crippen LogP contribution in [0, 0.1) is 56.7 Å². The molecule has 5 aliphatic carbocycles. The molecule has 3 nitrogen and oxygen atoms in total. The normalized spacial score (nSPS) is 51.1. The number of ether oxygens (including phenoxy) is 1. The van der Waals surface area contributed by atoms with Gasteiger partial charge in [0, 0.05) is 0 Å². The van der Waals surface area contributed by atoms with Crippen LogP contribution in [-0.4, -0.2) is 22.8 Å². The monoisotopic (exact) mass is 512 g/mol. The molecular formula is C34H56O3. The molecule has 0 amide bonds. The fourth-order valence-electron chi connectivity index (χ4n) is 11.2. The number of allylic oxidation sites excluding steroid dienone is 2. The van der Waals surface area contributed by atoms with Gasteiger partial charge in [0.25, 0.3) is 0 Å². The third kappa shape index (κ3) is 3.64. The van der Waals surface area contributed by atoms with Crippen LogP contribution in [0.2, 0.25) is 0 Å². The van der Waals surface area contributed by atoms with Gasteiger partial charge in [0.15, 0.2) is 0 Å². The molecule has 0 aliphatic heterocycles. The molecule has 0 aromatic carbocycles. The Morgan fingerprint density at radius 2 is 1.59 bits per heavy atom. The van der Waals surface area contributed by atoms with E-state index in [0.717, 1.165) is 44.9 Å². The topological polar surface area (TPSA) is 46.5 Å². The molecule has 4 saturated carbocycles. The molecular weight excluding hydrogens is 456 g/mol. The van der Waals surface area contributed by atoms with Crippen LogP contribution in [0.15, 0.2) is 11.6 Å². The summed E-state index contributed by atoms with van der Waals surface area (Å²) in [6.45, 7) is 23.3. The van der Waals surface area contributed by atoms with Crippen LogP contribution in [0.4, 0.5) is 0 Å². The Morgan fingerprint density at radius 3 is 2.24 bits per heavy atom. The summed E-state index contributed by atoms with van der Waals surface area (Å²) in [4.78, 5) is 14.0. The summed E-state index contributed by atoms with van der Waals surface area (Å²) in [7, 11) is 0. The Bertz CT molecular complexity index is 972. The van der Waals surface area contributed by atoms with Crippen molar-refractivity contribution in [3.63, 3.8) is 0 Å². The number of carbonyl (C=O) groups is 1. The molecule has 3 heteroatoms. The molecule has 5 aliphatic rings. The Kier molecular flexibility index (Phi) is 6.25. The van der Waals surface area contributed by atoms with Gasteiger partial charge >= 0.3 is 5.97 Å². The van der Waals surface area contributed by atoms with E-state index >= 15 is 0 Å². The SMILES string of the molecule is C[C@H]1[C@H](C)CC[C@]2(C(=O)OC(C)(C)C)CC[C@]3(C)C(=CC[C@@H]4[C@@]5(C)CC[C@H](O)C(C)(C)[C@@H]5CC[C@]43C)[C@H]12. The first kappa shape index (κ1) is 27.7. The smallest absolute Gasteiger partial charge is 0.313 e. The highest BCUT2D eigenvalue weighted by molar-refractivity contribution is 5.79. The molecule has 0 spiro atoms. The lowest BCUT2D eigenvalue weighted by molar-refractivity contribution is -0.209.